The Morgan fingerprint density at radius 2 is 1.87 bits per heavy atom. The zero-order valence-electron chi connectivity index (χ0n) is 18.1. The number of methoxy groups -OCH3 is 1. The number of aliphatic imine (C=N–C) groups is 1. The average Bonchev–Trinajstić information content (AvgIpc) is 2.78. The minimum atomic E-state index is -0.0203. The normalized spacial score (nSPS) is 20.2. The van der Waals surface area contributed by atoms with Gasteiger partial charge in [0.2, 0.25) is 0 Å². The van der Waals surface area contributed by atoms with E-state index in [0.29, 0.717) is 12.5 Å². The van der Waals surface area contributed by atoms with Gasteiger partial charge >= 0.3 is 0 Å². The lowest BCUT2D eigenvalue weighted by Gasteiger charge is -2.32. The lowest BCUT2D eigenvalue weighted by atomic mass is 9.89. The standard InChI is InChI=1S/C24H33N3O2.HI/c1-18-11-13-20(14-12-18)23-21(10-7-15-29-23)16-26-24(25-2)27-17-22(28-3)19-8-5-4-6-9-19;/h4-6,8-9,11-14,21-23H,7,10,15-17H2,1-3H3,(H2,25,26,27);1H. The summed E-state index contributed by atoms with van der Waals surface area (Å²) in [4.78, 5) is 4.38. The molecule has 3 unspecified atom stereocenters. The molecule has 1 aliphatic rings. The molecule has 0 aliphatic carbocycles. The van der Waals surface area contributed by atoms with Crippen LogP contribution >= 0.6 is 24.0 Å². The van der Waals surface area contributed by atoms with E-state index >= 15 is 0 Å². The van der Waals surface area contributed by atoms with E-state index in [4.69, 9.17) is 9.47 Å². The van der Waals surface area contributed by atoms with Gasteiger partial charge in [0.05, 0.1) is 12.2 Å². The van der Waals surface area contributed by atoms with Gasteiger partial charge in [0, 0.05) is 39.8 Å². The number of aryl methyl sites for hydroxylation is 1. The number of guanidine groups is 1. The number of hydrogen-bond acceptors (Lipinski definition) is 3. The van der Waals surface area contributed by atoms with Crippen molar-refractivity contribution in [2.75, 3.05) is 33.9 Å². The highest BCUT2D eigenvalue weighted by molar-refractivity contribution is 14.0. The Morgan fingerprint density at radius 3 is 2.53 bits per heavy atom. The van der Waals surface area contributed by atoms with E-state index in [1.165, 1.54) is 11.1 Å². The summed E-state index contributed by atoms with van der Waals surface area (Å²) in [6.45, 7) is 4.42. The third kappa shape index (κ3) is 6.96. The van der Waals surface area contributed by atoms with E-state index < -0.39 is 0 Å². The second-order valence-electron chi connectivity index (χ2n) is 7.57. The first-order chi connectivity index (χ1) is 14.2. The summed E-state index contributed by atoms with van der Waals surface area (Å²) in [5, 5.41) is 6.88. The van der Waals surface area contributed by atoms with Gasteiger partial charge in [-0.15, -0.1) is 24.0 Å². The molecule has 164 valence electrons. The number of halogens is 1. The Bertz CT molecular complexity index is 768. The predicted molar refractivity (Wildman–Crippen MR) is 134 cm³/mol. The second-order valence-corrected chi connectivity index (χ2v) is 7.57. The van der Waals surface area contributed by atoms with E-state index in [9.17, 15) is 0 Å². The summed E-state index contributed by atoms with van der Waals surface area (Å²) < 4.78 is 11.8. The third-order valence-corrected chi connectivity index (χ3v) is 5.52. The van der Waals surface area contributed by atoms with Crippen LogP contribution in [-0.2, 0) is 9.47 Å². The molecule has 2 N–H and O–H groups in total. The van der Waals surface area contributed by atoms with Gasteiger partial charge < -0.3 is 20.1 Å². The fourth-order valence-corrected chi connectivity index (χ4v) is 3.82. The van der Waals surface area contributed by atoms with Crippen LogP contribution in [0.2, 0.25) is 0 Å². The highest BCUT2D eigenvalue weighted by Crippen LogP contribution is 2.33. The van der Waals surface area contributed by atoms with Crippen LogP contribution in [0.4, 0.5) is 0 Å². The molecule has 6 heteroatoms. The maximum atomic E-state index is 6.14. The van der Waals surface area contributed by atoms with Gasteiger partial charge in [0.25, 0.3) is 0 Å². The molecule has 0 aromatic heterocycles. The molecule has 3 atom stereocenters. The van der Waals surface area contributed by atoms with Gasteiger partial charge in [-0.3, -0.25) is 4.99 Å². The highest BCUT2D eigenvalue weighted by atomic mass is 127. The quantitative estimate of drug-likeness (QED) is 0.316. The van der Waals surface area contributed by atoms with E-state index in [1.54, 1.807) is 14.2 Å². The van der Waals surface area contributed by atoms with E-state index in [-0.39, 0.29) is 36.2 Å². The van der Waals surface area contributed by atoms with Crippen molar-refractivity contribution in [3.05, 3.63) is 71.3 Å². The Labute approximate surface area is 197 Å². The SMILES string of the molecule is CN=C(NCC(OC)c1ccccc1)NCC1CCCOC1c1ccc(C)cc1.I. The van der Waals surface area contributed by atoms with Gasteiger partial charge in [0.15, 0.2) is 5.96 Å². The molecule has 0 amide bonds. The van der Waals surface area contributed by atoms with Gasteiger partial charge in [0.1, 0.15) is 0 Å². The number of rotatable bonds is 7. The van der Waals surface area contributed by atoms with Crippen molar-refractivity contribution in [1.82, 2.24) is 10.6 Å². The lowest BCUT2D eigenvalue weighted by Crippen LogP contribution is -2.43. The van der Waals surface area contributed by atoms with Crippen molar-refractivity contribution < 1.29 is 9.47 Å². The predicted octanol–water partition coefficient (Wildman–Crippen LogP) is 4.63. The molecular weight excluding hydrogens is 489 g/mol. The van der Waals surface area contributed by atoms with Crippen LogP contribution in [0.25, 0.3) is 0 Å². The first kappa shape index (κ1) is 24.6. The van der Waals surface area contributed by atoms with Crippen molar-refractivity contribution in [1.29, 1.82) is 0 Å². The Kier molecular flexibility index (Phi) is 10.6. The third-order valence-electron chi connectivity index (χ3n) is 5.52. The monoisotopic (exact) mass is 523 g/mol. The van der Waals surface area contributed by atoms with Gasteiger partial charge in [-0.25, -0.2) is 0 Å². The van der Waals surface area contributed by atoms with Crippen molar-refractivity contribution >= 4 is 29.9 Å². The highest BCUT2D eigenvalue weighted by Gasteiger charge is 2.27. The molecule has 1 heterocycles. The molecule has 0 spiro atoms. The summed E-state index contributed by atoms with van der Waals surface area (Å²) in [5.74, 6) is 1.20. The Hall–Kier alpha value is -1.64. The molecule has 2 aromatic carbocycles. The van der Waals surface area contributed by atoms with E-state index in [1.807, 2.05) is 18.2 Å². The average molecular weight is 523 g/mol. The molecule has 30 heavy (non-hydrogen) atoms. The Morgan fingerprint density at radius 1 is 1.13 bits per heavy atom. The zero-order chi connectivity index (χ0) is 20.5. The molecule has 5 nitrogen and oxygen atoms in total. The molecule has 3 rings (SSSR count). The van der Waals surface area contributed by atoms with Crippen LogP contribution in [0.3, 0.4) is 0 Å². The maximum Gasteiger partial charge on any atom is 0.191 e. The molecule has 1 aliphatic heterocycles. The van der Waals surface area contributed by atoms with Crippen molar-refractivity contribution in [2.24, 2.45) is 10.9 Å². The maximum absolute atomic E-state index is 6.14. The molecule has 0 saturated carbocycles. The molecule has 2 aromatic rings. The molecule has 1 fully saturated rings. The summed E-state index contributed by atoms with van der Waals surface area (Å²) >= 11 is 0. The number of hydrogen-bond donors (Lipinski definition) is 2. The molecule has 0 radical (unpaired) electrons. The number of nitrogens with one attached hydrogen (secondary N) is 2. The second kappa shape index (κ2) is 12.9. The van der Waals surface area contributed by atoms with Crippen LogP contribution in [0.1, 0.15) is 41.7 Å². The van der Waals surface area contributed by atoms with Gasteiger partial charge in [-0.2, -0.15) is 0 Å². The van der Waals surface area contributed by atoms with Crippen molar-refractivity contribution in [3.63, 3.8) is 0 Å². The van der Waals surface area contributed by atoms with Gasteiger partial charge in [-0.05, 0) is 30.9 Å². The first-order valence-electron chi connectivity index (χ1n) is 10.4. The zero-order valence-corrected chi connectivity index (χ0v) is 20.5. The minimum absolute atomic E-state index is 0. The van der Waals surface area contributed by atoms with Crippen LogP contribution in [-0.4, -0.2) is 39.8 Å². The van der Waals surface area contributed by atoms with Crippen molar-refractivity contribution in [3.8, 4) is 0 Å². The lowest BCUT2D eigenvalue weighted by molar-refractivity contribution is -0.0265. The van der Waals surface area contributed by atoms with E-state index in [0.717, 1.165) is 37.5 Å². The minimum Gasteiger partial charge on any atom is -0.375 e. The smallest absolute Gasteiger partial charge is 0.191 e. The van der Waals surface area contributed by atoms with E-state index in [2.05, 4.69) is 58.9 Å². The fraction of sp³-hybridized carbons (Fsp3) is 0.458. The van der Waals surface area contributed by atoms with Crippen LogP contribution in [0.15, 0.2) is 59.6 Å². The first-order valence-corrected chi connectivity index (χ1v) is 10.4. The van der Waals surface area contributed by atoms with Crippen LogP contribution in [0, 0.1) is 12.8 Å². The number of ether oxygens (including phenoxy) is 2. The summed E-state index contributed by atoms with van der Waals surface area (Å²) in [6, 6.07) is 18.9. The van der Waals surface area contributed by atoms with Crippen molar-refractivity contribution in [2.45, 2.75) is 32.0 Å². The van der Waals surface area contributed by atoms with Gasteiger partial charge in [-0.1, -0.05) is 60.2 Å². The fourth-order valence-electron chi connectivity index (χ4n) is 3.82. The van der Waals surface area contributed by atoms with Crippen LogP contribution in [0.5, 0.6) is 0 Å². The molecule has 1 saturated heterocycles. The summed E-state index contributed by atoms with van der Waals surface area (Å²) in [6.07, 6.45) is 2.35. The summed E-state index contributed by atoms with van der Waals surface area (Å²) in [5.41, 5.74) is 3.68. The molecular formula is C24H34IN3O2. The molecule has 0 bridgehead atoms. The summed E-state index contributed by atoms with van der Waals surface area (Å²) in [7, 11) is 3.54. The van der Waals surface area contributed by atoms with Crippen LogP contribution < -0.4 is 10.6 Å². The number of benzene rings is 2. The largest absolute Gasteiger partial charge is 0.375 e. The number of nitrogens with zero attached hydrogens (tertiary/aromatic N) is 1. The topological polar surface area (TPSA) is 54.9 Å². The Balaban J connectivity index is 0.00000320.